The van der Waals surface area contributed by atoms with Crippen LogP contribution in [0.3, 0.4) is 0 Å². The first-order valence-corrected chi connectivity index (χ1v) is 10.5. The lowest BCUT2D eigenvalue weighted by molar-refractivity contribution is -0.137. The number of nitrogens with one attached hydrogen (secondary N) is 2. The summed E-state index contributed by atoms with van der Waals surface area (Å²) in [6.07, 6.45) is -3.95. The molecule has 2 heterocycles. The number of aromatic nitrogens is 2. The topological polar surface area (TPSA) is 122 Å². The van der Waals surface area contributed by atoms with Crippen LogP contribution in [-0.2, 0) is 20.9 Å². The van der Waals surface area contributed by atoms with Crippen LogP contribution in [0.2, 0.25) is 0 Å². The van der Waals surface area contributed by atoms with E-state index >= 15 is 0 Å². The lowest BCUT2D eigenvalue weighted by Crippen LogP contribution is -2.40. The quantitative estimate of drug-likeness (QED) is 0.587. The van der Waals surface area contributed by atoms with Crippen molar-refractivity contribution in [2.24, 2.45) is 5.73 Å². The molecule has 0 atom stereocenters. The fourth-order valence-corrected chi connectivity index (χ4v) is 4.16. The Morgan fingerprint density at radius 3 is 2.43 bits per heavy atom. The Labute approximate surface area is 171 Å². The van der Waals surface area contributed by atoms with E-state index in [1.165, 1.54) is 28.6 Å². The van der Waals surface area contributed by atoms with Crippen LogP contribution in [0.1, 0.15) is 5.56 Å². The van der Waals surface area contributed by atoms with Crippen LogP contribution in [0.4, 0.5) is 30.6 Å². The Kier molecular flexibility index (Phi) is 6.75. The van der Waals surface area contributed by atoms with Gasteiger partial charge < -0.3 is 21.1 Å². The molecule has 1 aliphatic rings. The van der Waals surface area contributed by atoms with E-state index in [0.717, 1.165) is 0 Å². The third kappa shape index (κ3) is 5.16. The highest BCUT2D eigenvalue weighted by Gasteiger charge is 2.35. The minimum Gasteiger partial charge on any atom is -0.379 e. The molecule has 0 aliphatic carbocycles. The van der Waals surface area contributed by atoms with Crippen LogP contribution in [0, 0.1) is 0 Å². The van der Waals surface area contributed by atoms with E-state index in [9.17, 15) is 21.6 Å². The van der Waals surface area contributed by atoms with Crippen molar-refractivity contribution < 1.29 is 26.3 Å². The van der Waals surface area contributed by atoms with Gasteiger partial charge in [0.25, 0.3) is 0 Å². The summed E-state index contributed by atoms with van der Waals surface area (Å²) in [5.41, 5.74) is 4.75. The Hall–Kier alpha value is -2.48. The van der Waals surface area contributed by atoms with Gasteiger partial charge in [0.05, 0.1) is 18.1 Å². The van der Waals surface area contributed by atoms with Crippen molar-refractivity contribution in [1.82, 2.24) is 14.3 Å². The standard InChI is InChI=1S/C17H21F3N6O3S/c18-17(19,20)14-11-23-16(25-15(14)22-6-5-21)24-12-1-3-13(4-2-12)30(27,28)26-7-9-29-10-8-26/h1-4,11H,5-10,21H2,(H2,22,23,24,25). The van der Waals surface area contributed by atoms with Crippen LogP contribution < -0.4 is 16.4 Å². The number of nitrogens with zero attached hydrogens (tertiary/aromatic N) is 3. The molecule has 1 fully saturated rings. The zero-order valence-electron chi connectivity index (χ0n) is 15.8. The van der Waals surface area contributed by atoms with Crippen molar-refractivity contribution in [1.29, 1.82) is 0 Å². The molecule has 164 valence electrons. The molecule has 4 N–H and O–H groups in total. The minimum absolute atomic E-state index is 0.0775. The summed E-state index contributed by atoms with van der Waals surface area (Å²) in [5.74, 6) is -0.469. The first-order chi connectivity index (χ1) is 14.2. The summed E-state index contributed by atoms with van der Waals surface area (Å²) in [6.45, 7) is 1.46. The smallest absolute Gasteiger partial charge is 0.379 e. The van der Waals surface area contributed by atoms with E-state index in [4.69, 9.17) is 10.5 Å². The van der Waals surface area contributed by atoms with Crippen molar-refractivity contribution in [3.05, 3.63) is 36.0 Å². The summed E-state index contributed by atoms with van der Waals surface area (Å²) in [6, 6.07) is 5.79. The average molecular weight is 446 g/mol. The molecular weight excluding hydrogens is 425 g/mol. The number of ether oxygens (including phenoxy) is 1. The summed E-state index contributed by atoms with van der Waals surface area (Å²) < 4.78 is 71.1. The van der Waals surface area contributed by atoms with Crippen molar-refractivity contribution in [2.45, 2.75) is 11.1 Å². The molecule has 3 rings (SSSR count). The van der Waals surface area contributed by atoms with E-state index in [-0.39, 0.29) is 37.0 Å². The third-order valence-electron chi connectivity index (χ3n) is 4.25. The van der Waals surface area contributed by atoms with Gasteiger partial charge in [-0.3, -0.25) is 0 Å². The number of hydrogen-bond donors (Lipinski definition) is 3. The highest BCUT2D eigenvalue weighted by atomic mass is 32.2. The first kappa shape index (κ1) is 22.2. The Morgan fingerprint density at radius 1 is 1.17 bits per heavy atom. The molecule has 13 heteroatoms. The molecule has 1 aromatic heterocycles. The molecule has 1 saturated heterocycles. The number of anilines is 3. The fraction of sp³-hybridized carbons (Fsp3) is 0.412. The highest BCUT2D eigenvalue weighted by molar-refractivity contribution is 7.89. The second-order valence-electron chi connectivity index (χ2n) is 6.33. The van der Waals surface area contributed by atoms with Crippen molar-refractivity contribution in [3.63, 3.8) is 0 Å². The maximum Gasteiger partial charge on any atom is 0.421 e. The monoisotopic (exact) mass is 446 g/mol. The summed E-state index contributed by atoms with van der Waals surface area (Å²) in [5, 5.41) is 5.30. The fourth-order valence-electron chi connectivity index (χ4n) is 2.75. The predicted molar refractivity (Wildman–Crippen MR) is 104 cm³/mol. The number of hydrogen-bond acceptors (Lipinski definition) is 8. The molecule has 0 saturated carbocycles. The number of rotatable bonds is 7. The van der Waals surface area contributed by atoms with E-state index in [2.05, 4.69) is 20.6 Å². The largest absolute Gasteiger partial charge is 0.421 e. The van der Waals surface area contributed by atoms with E-state index in [1.54, 1.807) is 0 Å². The van der Waals surface area contributed by atoms with Gasteiger partial charge in [-0.1, -0.05) is 0 Å². The number of halogens is 3. The molecule has 1 aromatic carbocycles. The van der Waals surface area contributed by atoms with Crippen LogP contribution in [0.15, 0.2) is 35.4 Å². The molecule has 2 aromatic rings. The maximum atomic E-state index is 13.1. The molecule has 30 heavy (non-hydrogen) atoms. The van der Waals surface area contributed by atoms with E-state index in [0.29, 0.717) is 25.1 Å². The van der Waals surface area contributed by atoms with Crippen LogP contribution in [0.5, 0.6) is 0 Å². The summed E-state index contributed by atoms with van der Waals surface area (Å²) in [7, 11) is -3.64. The van der Waals surface area contributed by atoms with Crippen LogP contribution in [-0.4, -0.2) is 62.1 Å². The molecular formula is C17H21F3N6O3S. The average Bonchev–Trinajstić information content (AvgIpc) is 2.72. The molecule has 1 aliphatic heterocycles. The Balaban J connectivity index is 1.78. The van der Waals surface area contributed by atoms with Gasteiger partial charge in [-0.05, 0) is 24.3 Å². The lowest BCUT2D eigenvalue weighted by Gasteiger charge is -2.26. The zero-order chi connectivity index (χ0) is 21.8. The van der Waals surface area contributed by atoms with E-state index < -0.39 is 27.6 Å². The van der Waals surface area contributed by atoms with Crippen molar-refractivity contribution in [2.75, 3.05) is 50.0 Å². The number of sulfonamides is 1. The van der Waals surface area contributed by atoms with Crippen LogP contribution in [0.25, 0.3) is 0 Å². The summed E-state index contributed by atoms with van der Waals surface area (Å²) >= 11 is 0. The van der Waals surface area contributed by atoms with Gasteiger partial charge in [-0.25, -0.2) is 13.4 Å². The highest BCUT2D eigenvalue weighted by Crippen LogP contribution is 2.34. The summed E-state index contributed by atoms with van der Waals surface area (Å²) in [4.78, 5) is 7.67. The number of benzene rings is 1. The molecule has 0 radical (unpaired) electrons. The molecule has 9 nitrogen and oxygen atoms in total. The zero-order valence-corrected chi connectivity index (χ0v) is 16.6. The van der Waals surface area contributed by atoms with Gasteiger partial charge in [-0.15, -0.1) is 0 Å². The van der Waals surface area contributed by atoms with Gasteiger partial charge in [0, 0.05) is 38.1 Å². The second kappa shape index (κ2) is 9.12. The first-order valence-electron chi connectivity index (χ1n) is 9.05. The Bertz CT molecular complexity index is 964. The lowest BCUT2D eigenvalue weighted by atomic mass is 10.3. The predicted octanol–water partition coefficient (Wildman–Crippen LogP) is 1.63. The third-order valence-corrected chi connectivity index (χ3v) is 6.16. The van der Waals surface area contributed by atoms with Crippen molar-refractivity contribution in [3.8, 4) is 0 Å². The van der Waals surface area contributed by atoms with Gasteiger partial charge in [0.1, 0.15) is 11.4 Å². The number of alkyl halides is 3. The van der Waals surface area contributed by atoms with E-state index in [1.807, 2.05) is 0 Å². The van der Waals surface area contributed by atoms with Gasteiger partial charge >= 0.3 is 6.18 Å². The molecule has 0 unspecified atom stereocenters. The number of nitrogens with two attached hydrogens (primary N) is 1. The molecule has 0 bridgehead atoms. The molecule has 0 amide bonds. The number of morpholine rings is 1. The maximum absolute atomic E-state index is 13.1. The Morgan fingerprint density at radius 2 is 1.83 bits per heavy atom. The van der Waals surface area contributed by atoms with Gasteiger partial charge in [0.2, 0.25) is 16.0 Å². The van der Waals surface area contributed by atoms with Crippen molar-refractivity contribution >= 4 is 27.5 Å². The normalized spacial score (nSPS) is 15.7. The second-order valence-corrected chi connectivity index (χ2v) is 8.27. The van der Waals surface area contributed by atoms with Gasteiger partial charge in [-0.2, -0.15) is 22.5 Å². The van der Waals surface area contributed by atoms with Crippen LogP contribution >= 0.6 is 0 Å². The van der Waals surface area contributed by atoms with Gasteiger partial charge in [0.15, 0.2) is 0 Å². The molecule has 0 spiro atoms. The minimum atomic E-state index is -4.62. The SMILES string of the molecule is NCCNc1nc(Nc2ccc(S(=O)(=O)N3CCOCC3)cc2)ncc1C(F)(F)F.